The van der Waals surface area contributed by atoms with Crippen molar-refractivity contribution in [3.05, 3.63) is 53.9 Å². The third kappa shape index (κ3) is 3.15. The number of benzene rings is 1. The van der Waals surface area contributed by atoms with E-state index in [4.69, 9.17) is 5.73 Å². The summed E-state index contributed by atoms with van der Waals surface area (Å²) in [5, 5.41) is 2.74. The van der Waals surface area contributed by atoms with Gasteiger partial charge in [-0.25, -0.2) is 0 Å². The number of para-hydroxylation sites is 1. The number of nitrogens with two attached hydrogens (primary N) is 1. The summed E-state index contributed by atoms with van der Waals surface area (Å²) >= 11 is 0. The minimum Gasteiger partial charge on any atom is -0.398 e. The molecular weight excluding hydrogens is 255 g/mol. The smallest absolute Gasteiger partial charge is 0.398 e. The molecule has 1 aromatic carbocycles. The number of rotatable bonds is 3. The zero-order chi connectivity index (χ0) is 13.9. The number of halogens is 3. The molecule has 0 radical (unpaired) electrons. The molecule has 3 N–H and O–H groups in total. The number of nitrogen functional groups attached to an aromatic ring is 1. The van der Waals surface area contributed by atoms with E-state index in [0.29, 0.717) is 11.3 Å². The maximum Gasteiger partial charge on any atom is 0.418 e. The fourth-order valence-electron chi connectivity index (χ4n) is 1.66. The van der Waals surface area contributed by atoms with Crippen LogP contribution < -0.4 is 11.1 Å². The molecule has 0 saturated heterocycles. The Balaban J connectivity index is 2.19. The van der Waals surface area contributed by atoms with Crippen molar-refractivity contribution in [2.75, 3.05) is 11.1 Å². The van der Waals surface area contributed by atoms with E-state index >= 15 is 0 Å². The minimum atomic E-state index is -4.38. The molecule has 0 aliphatic rings. The molecule has 0 unspecified atom stereocenters. The Kier molecular flexibility index (Phi) is 3.59. The number of nitrogens with one attached hydrogen (secondary N) is 1. The van der Waals surface area contributed by atoms with Gasteiger partial charge in [-0.15, -0.1) is 0 Å². The van der Waals surface area contributed by atoms with E-state index in [1.165, 1.54) is 24.5 Å². The number of anilines is 2. The van der Waals surface area contributed by atoms with Gasteiger partial charge in [0.25, 0.3) is 0 Å². The van der Waals surface area contributed by atoms with Gasteiger partial charge >= 0.3 is 6.18 Å². The van der Waals surface area contributed by atoms with Gasteiger partial charge in [-0.1, -0.05) is 12.1 Å². The number of alkyl halides is 3. The summed E-state index contributed by atoms with van der Waals surface area (Å²) in [5.74, 6) is 0. The second-order valence-electron chi connectivity index (χ2n) is 3.97. The molecule has 3 nitrogen and oxygen atoms in total. The van der Waals surface area contributed by atoms with Gasteiger partial charge in [-0.2, -0.15) is 13.2 Å². The van der Waals surface area contributed by atoms with Crippen LogP contribution in [0.3, 0.4) is 0 Å². The highest BCUT2D eigenvalue weighted by molar-refractivity contribution is 5.54. The van der Waals surface area contributed by atoms with Crippen LogP contribution in [0.15, 0.2) is 42.7 Å². The van der Waals surface area contributed by atoms with Gasteiger partial charge in [-0.05, 0) is 18.2 Å². The van der Waals surface area contributed by atoms with Crippen molar-refractivity contribution in [1.82, 2.24) is 4.98 Å². The number of hydrogen-bond acceptors (Lipinski definition) is 3. The second kappa shape index (κ2) is 5.17. The van der Waals surface area contributed by atoms with Gasteiger partial charge in [0.05, 0.1) is 5.56 Å². The third-order valence-electron chi connectivity index (χ3n) is 2.64. The van der Waals surface area contributed by atoms with Crippen molar-refractivity contribution in [2.45, 2.75) is 12.7 Å². The first-order valence-electron chi connectivity index (χ1n) is 5.57. The maximum atomic E-state index is 12.8. The van der Waals surface area contributed by atoms with E-state index in [9.17, 15) is 13.2 Å². The van der Waals surface area contributed by atoms with E-state index in [-0.39, 0.29) is 12.2 Å². The van der Waals surface area contributed by atoms with Gasteiger partial charge in [-0.3, -0.25) is 4.98 Å². The molecule has 1 heterocycles. The predicted molar refractivity (Wildman–Crippen MR) is 67.4 cm³/mol. The van der Waals surface area contributed by atoms with Gasteiger partial charge in [0.15, 0.2) is 0 Å². The van der Waals surface area contributed by atoms with Gasteiger partial charge in [0, 0.05) is 35.9 Å². The van der Waals surface area contributed by atoms with E-state index in [2.05, 4.69) is 10.3 Å². The fourth-order valence-corrected chi connectivity index (χ4v) is 1.66. The van der Waals surface area contributed by atoms with Crippen LogP contribution >= 0.6 is 0 Å². The van der Waals surface area contributed by atoms with E-state index in [1.807, 2.05) is 0 Å². The Morgan fingerprint density at radius 2 is 1.89 bits per heavy atom. The zero-order valence-corrected chi connectivity index (χ0v) is 9.91. The Morgan fingerprint density at radius 3 is 2.58 bits per heavy atom. The molecule has 0 fully saturated rings. The van der Waals surface area contributed by atoms with Crippen LogP contribution in [-0.4, -0.2) is 4.98 Å². The summed E-state index contributed by atoms with van der Waals surface area (Å²) in [4.78, 5) is 3.89. The molecule has 0 atom stereocenters. The van der Waals surface area contributed by atoms with Crippen LogP contribution in [-0.2, 0) is 12.7 Å². The Morgan fingerprint density at radius 1 is 1.16 bits per heavy atom. The van der Waals surface area contributed by atoms with Crippen LogP contribution in [0.25, 0.3) is 0 Å². The van der Waals surface area contributed by atoms with Gasteiger partial charge in [0.1, 0.15) is 0 Å². The monoisotopic (exact) mass is 267 g/mol. The number of aromatic nitrogens is 1. The summed E-state index contributed by atoms with van der Waals surface area (Å²) in [7, 11) is 0. The second-order valence-corrected chi connectivity index (χ2v) is 3.97. The first-order valence-corrected chi connectivity index (χ1v) is 5.57. The molecule has 0 aliphatic carbocycles. The molecule has 0 spiro atoms. The van der Waals surface area contributed by atoms with Crippen LogP contribution in [0.2, 0.25) is 0 Å². The molecular formula is C13H12F3N3. The number of hydrogen-bond donors (Lipinski definition) is 2. The Hall–Kier alpha value is -2.24. The van der Waals surface area contributed by atoms with E-state index in [1.54, 1.807) is 12.1 Å². The average Bonchev–Trinajstić information content (AvgIpc) is 2.37. The molecule has 6 heteroatoms. The lowest BCUT2D eigenvalue weighted by molar-refractivity contribution is -0.136. The third-order valence-corrected chi connectivity index (χ3v) is 2.64. The molecule has 2 aromatic rings. The number of nitrogens with zero attached hydrogens (tertiary/aromatic N) is 1. The summed E-state index contributed by atoms with van der Waals surface area (Å²) in [6, 6.07) is 6.92. The average molecular weight is 267 g/mol. The molecule has 19 heavy (non-hydrogen) atoms. The largest absolute Gasteiger partial charge is 0.418 e. The zero-order valence-electron chi connectivity index (χ0n) is 9.91. The Bertz CT molecular complexity index is 567. The molecule has 1 aromatic heterocycles. The summed E-state index contributed by atoms with van der Waals surface area (Å²) in [5.41, 5.74) is 6.18. The fraction of sp³-hybridized carbons (Fsp3) is 0.154. The van der Waals surface area contributed by atoms with Crippen LogP contribution in [0.1, 0.15) is 11.1 Å². The predicted octanol–water partition coefficient (Wildman–Crippen LogP) is 3.29. The van der Waals surface area contributed by atoms with Gasteiger partial charge in [0.2, 0.25) is 0 Å². The lowest BCUT2D eigenvalue weighted by Crippen LogP contribution is -2.11. The first-order chi connectivity index (χ1) is 8.98. The molecule has 0 amide bonds. The highest BCUT2D eigenvalue weighted by atomic mass is 19.4. The van der Waals surface area contributed by atoms with Crippen LogP contribution in [0.4, 0.5) is 24.5 Å². The van der Waals surface area contributed by atoms with Crippen molar-refractivity contribution in [2.24, 2.45) is 0 Å². The van der Waals surface area contributed by atoms with E-state index in [0.717, 1.165) is 6.07 Å². The first kappa shape index (κ1) is 13.2. The highest BCUT2D eigenvalue weighted by Gasteiger charge is 2.33. The van der Waals surface area contributed by atoms with E-state index < -0.39 is 11.7 Å². The summed E-state index contributed by atoms with van der Waals surface area (Å²) < 4.78 is 38.3. The molecule has 0 bridgehead atoms. The lowest BCUT2D eigenvalue weighted by atomic mass is 10.1. The van der Waals surface area contributed by atoms with Crippen molar-refractivity contribution >= 4 is 11.4 Å². The van der Waals surface area contributed by atoms with Crippen molar-refractivity contribution in [3.8, 4) is 0 Å². The highest BCUT2D eigenvalue weighted by Crippen LogP contribution is 2.34. The normalized spacial score (nSPS) is 11.3. The maximum absolute atomic E-state index is 12.8. The van der Waals surface area contributed by atoms with Crippen molar-refractivity contribution < 1.29 is 13.2 Å². The van der Waals surface area contributed by atoms with Crippen LogP contribution in [0, 0.1) is 0 Å². The van der Waals surface area contributed by atoms with Gasteiger partial charge < -0.3 is 11.1 Å². The van der Waals surface area contributed by atoms with Crippen molar-refractivity contribution in [3.63, 3.8) is 0 Å². The quantitative estimate of drug-likeness (QED) is 0.897. The SMILES string of the molecule is Nc1ccncc1CNc1ccccc1C(F)(F)F. The molecule has 0 saturated carbocycles. The molecule has 2 rings (SSSR count). The van der Waals surface area contributed by atoms with Crippen LogP contribution in [0.5, 0.6) is 0 Å². The van der Waals surface area contributed by atoms with Crippen molar-refractivity contribution in [1.29, 1.82) is 0 Å². The number of pyridine rings is 1. The molecule has 0 aliphatic heterocycles. The summed E-state index contributed by atoms with van der Waals surface area (Å²) in [6.07, 6.45) is -1.33. The topological polar surface area (TPSA) is 50.9 Å². The Labute approximate surface area is 108 Å². The molecule has 100 valence electrons. The summed E-state index contributed by atoms with van der Waals surface area (Å²) in [6.45, 7) is 0.187. The minimum absolute atomic E-state index is 0.0262. The lowest BCUT2D eigenvalue weighted by Gasteiger charge is -2.14. The standard InChI is InChI=1S/C13H12F3N3/c14-13(15,16)10-3-1-2-4-12(10)19-8-9-7-18-6-5-11(9)17/h1-7,19H,8H2,(H2,17,18).